The number of aryl methyl sites for hydroxylation is 1. The zero-order chi connectivity index (χ0) is 24.0. The van der Waals surface area contributed by atoms with E-state index >= 15 is 0 Å². The molecule has 1 N–H and O–H groups in total. The van der Waals surface area contributed by atoms with E-state index in [0.717, 1.165) is 15.4 Å². The van der Waals surface area contributed by atoms with Crippen LogP contribution in [-0.2, 0) is 14.8 Å². The Hall–Kier alpha value is -3.52. The van der Waals surface area contributed by atoms with Gasteiger partial charge in [-0.05, 0) is 56.3 Å². The molecule has 0 radical (unpaired) electrons. The summed E-state index contributed by atoms with van der Waals surface area (Å²) in [7, 11) is -0.899. The van der Waals surface area contributed by atoms with E-state index in [9.17, 15) is 13.2 Å². The molecule has 7 nitrogen and oxygen atoms in total. The summed E-state index contributed by atoms with van der Waals surface area (Å²) < 4.78 is 38.6. The molecule has 1 atom stereocenters. The van der Waals surface area contributed by atoms with E-state index in [1.54, 1.807) is 43.5 Å². The molecule has 3 aromatic carbocycles. The first-order valence-corrected chi connectivity index (χ1v) is 11.9. The number of anilines is 1. The molecule has 33 heavy (non-hydrogen) atoms. The van der Waals surface area contributed by atoms with Crippen LogP contribution >= 0.6 is 0 Å². The second kappa shape index (κ2) is 10.4. The third-order valence-electron chi connectivity index (χ3n) is 5.24. The van der Waals surface area contributed by atoms with Gasteiger partial charge >= 0.3 is 0 Å². The van der Waals surface area contributed by atoms with E-state index in [0.29, 0.717) is 17.2 Å². The number of nitrogens with zero attached hydrogens (tertiary/aromatic N) is 1. The molecule has 0 aliphatic rings. The number of carbonyl (C=O) groups excluding carboxylic acids is 1. The van der Waals surface area contributed by atoms with Crippen molar-refractivity contribution in [2.45, 2.75) is 24.8 Å². The Morgan fingerprint density at radius 1 is 0.939 bits per heavy atom. The predicted molar refractivity (Wildman–Crippen MR) is 128 cm³/mol. The Bertz CT molecular complexity index is 1190. The van der Waals surface area contributed by atoms with Crippen molar-refractivity contribution in [3.63, 3.8) is 0 Å². The number of methoxy groups -OCH3 is 2. The Kier molecular flexibility index (Phi) is 7.60. The lowest BCUT2D eigenvalue weighted by molar-refractivity contribution is -0.120. The van der Waals surface area contributed by atoms with Crippen LogP contribution in [0.5, 0.6) is 11.5 Å². The second-order valence-electron chi connectivity index (χ2n) is 7.55. The molecular formula is C25H28N2O5S. The Morgan fingerprint density at radius 3 is 2.18 bits per heavy atom. The van der Waals surface area contributed by atoms with Gasteiger partial charge in [-0.3, -0.25) is 9.10 Å². The maximum absolute atomic E-state index is 13.5. The average molecular weight is 469 g/mol. The van der Waals surface area contributed by atoms with Crippen molar-refractivity contribution >= 4 is 21.6 Å². The van der Waals surface area contributed by atoms with Crippen LogP contribution in [0.2, 0.25) is 0 Å². The molecule has 8 heteroatoms. The van der Waals surface area contributed by atoms with E-state index in [4.69, 9.17) is 9.47 Å². The number of nitrogens with one attached hydrogen (secondary N) is 1. The second-order valence-corrected chi connectivity index (χ2v) is 9.42. The normalized spacial score (nSPS) is 12.0. The lowest BCUT2D eigenvalue weighted by Crippen LogP contribution is -2.41. The minimum Gasteiger partial charge on any atom is -0.497 e. The number of hydrogen-bond acceptors (Lipinski definition) is 5. The van der Waals surface area contributed by atoms with Crippen molar-refractivity contribution in [2.24, 2.45) is 0 Å². The zero-order valence-electron chi connectivity index (χ0n) is 19.1. The monoisotopic (exact) mass is 468 g/mol. The van der Waals surface area contributed by atoms with Crippen molar-refractivity contribution in [2.75, 3.05) is 25.1 Å². The van der Waals surface area contributed by atoms with Gasteiger partial charge in [0.15, 0.2) is 0 Å². The quantitative estimate of drug-likeness (QED) is 0.511. The number of ether oxygens (including phenoxy) is 2. The van der Waals surface area contributed by atoms with Crippen LogP contribution in [0.1, 0.15) is 24.1 Å². The molecule has 0 saturated heterocycles. The van der Waals surface area contributed by atoms with Crippen molar-refractivity contribution in [3.8, 4) is 11.5 Å². The third-order valence-corrected chi connectivity index (χ3v) is 7.03. The Balaban J connectivity index is 1.90. The predicted octanol–water partition coefficient (Wildman–Crippen LogP) is 4.08. The first kappa shape index (κ1) is 24.1. The van der Waals surface area contributed by atoms with E-state index in [1.807, 2.05) is 38.1 Å². The number of carbonyl (C=O) groups is 1. The first-order chi connectivity index (χ1) is 15.8. The molecule has 3 rings (SSSR count). The van der Waals surface area contributed by atoms with Crippen LogP contribution in [0.25, 0.3) is 0 Å². The highest BCUT2D eigenvalue weighted by Crippen LogP contribution is 2.27. The summed E-state index contributed by atoms with van der Waals surface area (Å²) in [5.74, 6) is 0.783. The van der Waals surface area contributed by atoms with Gasteiger partial charge in [0.05, 0.1) is 30.8 Å². The van der Waals surface area contributed by atoms with E-state index < -0.39 is 15.9 Å². The lowest BCUT2D eigenvalue weighted by Gasteiger charge is -2.25. The topological polar surface area (TPSA) is 84.9 Å². The van der Waals surface area contributed by atoms with Gasteiger partial charge in [-0.1, -0.05) is 35.9 Å². The molecule has 0 saturated carbocycles. The highest BCUT2D eigenvalue weighted by atomic mass is 32.2. The van der Waals surface area contributed by atoms with Gasteiger partial charge in [0, 0.05) is 5.56 Å². The number of rotatable bonds is 9. The fourth-order valence-corrected chi connectivity index (χ4v) is 4.84. The van der Waals surface area contributed by atoms with E-state index in [1.165, 1.54) is 19.2 Å². The molecule has 0 aliphatic carbocycles. The maximum atomic E-state index is 13.5. The molecule has 174 valence electrons. The van der Waals surface area contributed by atoms with Gasteiger partial charge in [0.2, 0.25) is 5.91 Å². The van der Waals surface area contributed by atoms with Crippen molar-refractivity contribution < 1.29 is 22.7 Å². The first-order valence-electron chi connectivity index (χ1n) is 10.4. The summed E-state index contributed by atoms with van der Waals surface area (Å²) in [6.45, 7) is 3.31. The summed E-state index contributed by atoms with van der Waals surface area (Å²) in [5.41, 5.74) is 2.09. The molecule has 0 aliphatic heterocycles. The van der Waals surface area contributed by atoms with Crippen LogP contribution in [0.3, 0.4) is 0 Å². The Morgan fingerprint density at radius 2 is 1.58 bits per heavy atom. The smallest absolute Gasteiger partial charge is 0.264 e. The summed E-state index contributed by atoms with van der Waals surface area (Å²) >= 11 is 0. The number of para-hydroxylation sites is 1. The van der Waals surface area contributed by atoms with Crippen LogP contribution < -0.4 is 19.1 Å². The lowest BCUT2D eigenvalue weighted by atomic mass is 10.1. The van der Waals surface area contributed by atoms with Crippen LogP contribution in [0.4, 0.5) is 5.69 Å². The highest BCUT2D eigenvalue weighted by molar-refractivity contribution is 7.92. The number of sulfonamides is 1. The number of hydrogen-bond donors (Lipinski definition) is 1. The van der Waals surface area contributed by atoms with Crippen molar-refractivity contribution in [3.05, 3.63) is 83.9 Å². The number of benzene rings is 3. The molecule has 0 aromatic heterocycles. The van der Waals surface area contributed by atoms with Crippen LogP contribution in [-0.4, -0.2) is 35.1 Å². The van der Waals surface area contributed by atoms with Crippen molar-refractivity contribution in [1.29, 1.82) is 0 Å². The molecule has 3 aromatic rings. The van der Waals surface area contributed by atoms with Crippen LogP contribution in [0.15, 0.2) is 77.7 Å². The zero-order valence-corrected chi connectivity index (χ0v) is 19.9. The molecule has 0 fully saturated rings. The minimum absolute atomic E-state index is 0.106. The molecule has 0 spiro atoms. The van der Waals surface area contributed by atoms with E-state index in [-0.39, 0.29) is 17.5 Å². The van der Waals surface area contributed by atoms with Gasteiger partial charge in [-0.15, -0.1) is 0 Å². The molecule has 1 unspecified atom stereocenters. The Labute approximate surface area is 195 Å². The maximum Gasteiger partial charge on any atom is 0.264 e. The molecular weight excluding hydrogens is 440 g/mol. The summed E-state index contributed by atoms with van der Waals surface area (Å²) in [4.78, 5) is 13.1. The number of amides is 1. The largest absolute Gasteiger partial charge is 0.497 e. The minimum atomic E-state index is -3.99. The average Bonchev–Trinajstić information content (AvgIpc) is 2.82. The van der Waals surface area contributed by atoms with Gasteiger partial charge in [0.25, 0.3) is 10.0 Å². The van der Waals surface area contributed by atoms with Gasteiger partial charge < -0.3 is 14.8 Å². The summed E-state index contributed by atoms with van der Waals surface area (Å²) in [5, 5.41) is 2.88. The van der Waals surface area contributed by atoms with Crippen molar-refractivity contribution in [1.82, 2.24) is 5.32 Å². The van der Waals surface area contributed by atoms with Crippen LogP contribution in [0, 0.1) is 6.92 Å². The molecule has 1 amide bonds. The van der Waals surface area contributed by atoms with Gasteiger partial charge in [-0.25, -0.2) is 8.42 Å². The molecule has 0 heterocycles. The van der Waals surface area contributed by atoms with E-state index in [2.05, 4.69) is 5.32 Å². The highest BCUT2D eigenvalue weighted by Gasteiger charge is 2.28. The van der Waals surface area contributed by atoms with Gasteiger partial charge in [0.1, 0.15) is 18.0 Å². The third kappa shape index (κ3) is 5.64. The summed E-state index contributed by atoms with van der Waals surface area (Å²) in [6.07, 6.45) is 0. The fourth-order valence-electron chi connectivity index (χ4n) is 3.42. The van der Waals surface area contributed by atoms with Gasteiger partial charge in [-0.2, -0.15) is 0 Å². The standard InChI is InChI=1S/C25H28N2O5S/c1-18-9-15-22(16-10-18)33(29,30)27(20-11-13-21(31-3)14-12-20)17-25(28)26-19(2)23-7-5-6-8-24(23)32-4/h5-16,19H,17H2,1-4H3,(H,26,28). The molecule has 0 bridgehead atoms. The fraction of sp³-hybridized carbons (Fsp3) is 0.240. The summed E-state index contributed by atoms with van der Waals surface area (Å²) in [6, 6.07) is 20.0. The SMILES string of the molecule is COc1ccc(N(CC(=O)NC(C)c2ccccc2OC)S(=O)(=O)c2ccc(C)cc2)cc1.